The summed E-state index contributed by atoms with van der Waals surface area (Å²) in [5.41, 5.74) is 0.345. The molecule has 2 N–H and O–H groups in total. The van der Waals surface area contributed by atoms with Gasteiger partial charge in [-0.3, -0.25) is 0 Å². The third-order valence-corrected chi connectivity index (χ3v) is 4.08. The Hall–Kier alpha value is -1.82. The number of rotatable bonds is 4. The molecule has 0 aliphatic heterocycles. The first-order valence-corrected chi connectivity index (χ1v) is 7.54. The largest absolute Gasteiger partial charge is 0.497 e. The van der Waals surface area contributed by atoms with E-state index >= 15 is 0 Å². The van der Waals surface area contributed by atoms with Crippen molar-refractivity contribution < 1.29 is 19.0 Å². The molecule has 0 aromatic heterocycles. The van der Waals surface area contributed by atoms with Crippen molar-refractivity contribution in [3.05, 3.63) is 24.0 Å². The number of urea groups is 1. The first kappa shape index (κ1) is 16.5. The summed E-state index contributed by atoms with van der Waals surface area (Å²) in [5.74, 6) is -0.0211. The minimum atomic E-state index is -0.472. The summed E-state index contributed by atoms with van der Waals surface area (Å²) < 4.78 is 18.4. The summed E-state index contributed by atoms with van der Waals surface area (Å²) in [7, 11) is 3.12. The molecular weight excluding hydrogens is 287 g/mol. The lowest BCUT2D eigenvalue weighted by Crippen LogP contribution is -2.40. The number of aliphatic hydroxyl groups excluding tert-OH is 1. The number of aliphatic hydroxyl groups is 1. The molecule has 2 amide bonds. The minimum absolute atomic E-state index is 0.103. The summed E-state index contributed by atoms with van der Waals surface area (Å²) in [6.07, 6.45) is 3.49. The van der Waals surface area contributed by atoms with E-state index in [-0.39, 0.29) is 18.1 Å². The molecule has 2 atom stereocenters. The Balaban J connectivity index is 1.94. The normalized spacial score (nSPS) is 21.3. The number of hydrogen-bond donors (Lipinski definition) is 2. The van der Waals surface area contributed by atoms with Gasteiger partial charge in [0.15, 0.2) is 0 Å². The summed E-state index contributed by atoms with van der Waals surface area (Å²) in [5, 5.41) is 12.6. The van der Waals surface area contributed by atoms with Crippen molar-refractivity contribution in [3.63, 3.8) is 0 Å². The fraction of sp³-hybridized carbons (Fsp3) is 0.562. The Morgan fingerprint density at radius 1 is 1.41 bits per heavy atom. The predicted octanol–water partition coefficient (Wildman–Crippen LogP) is 2.85. The Labute approximate surface area is 130 Å². The summed E-state index contributed by atoms with van der Waals surface area (Å²) in [6, 6.07) is 3.72. The van der Waals surface area contributed by atoms with Crippen LogP contribution in [-0.4, -0.2) is 42.8 Å². The number of methoxy groups -OCH3 is 1. The molecule has 2 unspecified atom stereocenters. The molecule has 0 saturated heterocycles. The SMILES string of the molecule is COc1cc(F)cc(NC(=O)N(C)CC2CCCCC2O)c1. The van der Waals surface area contributed by atoms with Crippen LogP contribution in [-0.2, 0) is 0 Å². The van der Waals surface area contributed by atoms with Crippen LogP contribution in [0.15, 0.2) is 18.2 Å². The van der Waals surface area contributed by atoms with Gasteiger partial charge in [0, 0.05) is 37.3 Å². The second kappa shape index (κ2) is 7.45. The fourth-order valence-corrected chi connectivity index (χ4v) is 2.81. The van der Waals surface area contributed by atoms with E-state index in [9.17, 15) is 14.3 Å². The van der Waals surface area contributed by atoms with Gasteiger partial charge >= 0.3 is 6.03 Å². The van der Waals surface area contributed by atoms with Crippen molar-refractivity contribution in [1.29, 1.82) is 0 Å². The number of halogens is 1. The van der Waals surface area contributed by atoms with E-state index < -0.39 is 5.82 Å². The van der Waals surface area contributed by atoms with Gasteiger partial charge in [0.05, 0.1) is 13.2 Å². The van der Waals surface area contributed by atoms with Gasteiger partial charge in [0.25, 0.3) is 0 Å². The summed E-state index contributed by atoms with van der Waals surface area (Å²) in [4.78, 5) is 13.7. The molecule has 0 bridgehead atoms. The van der Waals surface area contributed by atoms with Gasteiger partial charge in [-0.2, -0.15) is 0 Å². The van der Waals surface area contributed by atoms with Crippen LogP contribution in [0.5, 0.6) is 5.75 Å². The molecule has 0 spiro atoms. The van der Waals surface area contributed by atoms with Gasteiger partial charge < -0.3 is 20.1 Å². The quantitative estimate of drug-likeness (QED) is 0.899. The van der Waals surface area contributed by atoms with Crippen LogP contribution in [0.3, 0.4) is 0 Å². The van der Waals surface area contributed by atoms with Crippen molar-refractivity contribution in [2.75, 3.05) is 26.0 Å². The smallest absolute Gasteiger partial charge is 0.321 e. The van der Waals surface area contributed by atoms with Crippen LogP contribution in [0.25, 0.3) is 0 Å². The molecule has 1 aromatic rings. The second-order valence-corrected chi connectivity index (χ2v) is 5.80. The number of hydrogen-bond acceptors (Lipinski definition) is 3. The highest BCUT2D eigenvalue weighted by molar-refractivity contribution is 5.89. The molecular formula is C16H23FN2O3. The average molecular weight is 310 g/mol. The Bertz CT molecular complexity index is 524. The van der Waals surface area contributed by atoms with E-state index in [0.717, 1.165) is 25.7 Å². The number of nitrogens with one attached hydrogen (secondary N) is 1. The molecule has 6 heteroatoms. The van der Waals surface area contributed by atoms with Gasteiger partial charge in [-0.25, -0.2) is 9.18 Å². The van der Waals surface area contributed by atoms with Crippen LogP contribution in [0.4, 0.5) is 14.9 Å². The molecule has 22 heavy (non-hydrogen) atoms. The molecule has 122 valence electrons. The maximum atomic E-state index is 13.4. The molecule has 5 nitrogen and oxygen atoms in total. The van der Waals surface area contributed by atoms with Crippen molar-refractivity contribution in [2.24, 2.45) is 5.92 Å². The monoisotopic (exact) mass is 310 g/mol. The van der Waals surface area contributed by atoms with Gasteiger partial charge in [-0.15, -0.1) is 0 Å². The fourth-order valence-electron chi connectivity index (χ4n) is 2.81. The number of amides is 2. The van der Waals surface area contributed by atoms with Crippen LogP contribution in [0, 0.1) is 11.7 Å². The maximum absolute atomic E-state index is 13.4. The number of carbonyl (C=O) groups excluding carboxylic acids is 1. The molecule has 0 heterocycles. The van der Waals surface area contributed by atoms with Gasteiger partial charge in [-0.1, -0.05) is 12.8 Å². The first-order chi connectivity index (χ1) is 10.5. The third-order valence-electron chi connectivity index (χ3n) is 4.08. The number of nitrogens with zero attached hydrogens (tertiary/aromatic N) is 1. The Kier molecular flexibility index (Phi) is 5.60. The standard InChI is InChI=1S/C16H23FN2O3/c1-19(10-11-5-3-4-6-15(11)20)16(21)18-13-7-12(17)8-14(9-13)22-2/h7-9,11,15,20H,3-6,10H2,1-2H3,(H,18,21). The van der Waals surface area contributed by atoms with Crippen LogP contribution < -0.4 is 10.1 Å². The maximum Gasteiger partial charge on any atom is 0.321 e. The number of carbonyl (C=O) groups is 1. The van der Waals surface area contributed by atoms with Crippen LogP contribution in [0.2, 0.25) is 0 Å². The van der Waals surface area contributed by atoms with E-state index in [1.165, 1.54) is 24.1 Å². The van der Waals surface area contributed by atoms with Crippen LogP contribution in [0.1, 0.15) is 25.7 Å². The highest BCUT2D eigenvalue weighted by atomic mass is 19.1. The van der Waals surface area contributed by atoms with E-state index in [4.69, 9.17) is 4.74 Å². The Morgan fingerprint density at radius 2 is 2.14 bits per heavy atom. The van der Waals surface area contributed by atoms with E-state index in [1.54, 1.807) is 13.1 Å². The van der Waals surface area contributed by atoms with Crippen LogP contribution >= 0.6 is 0 Å². The van der Waals surface area contributed by atoms with Crippen molar-refractivity contribution in [3.8, 4) is 5.75 Å². The zero-order chi connectivity index (χ0) is 16.1. The number of ether oxygens (including phenoxy) is 1. The lowest BCUT2D eigenvalue weighted by atomic mass is 9.86. The van der Waals surface area contributed by atoms with Gasteiger partial charge in [0.1, 0.15) is 11.6 Å². The van der Waals surface area contributed by atoms with Crippen molar-refractivity contribution in [2.45, 2.75) is 31.8 Å². The topological polar surface area (TPSA) is 61.8 Å². The molecule has 1 saturated carbocycles. The zero-order valence-corrected chi connectivity index (χ0v) is 13.0. The van der Waals surface area contributed by atoms with Crippen molar-refractivity contribution >= 4 is 11.7 Å². The summed E-state index contributed by atoms with van der Waals surface area (Å²) >= 11 is 0. The first-order valence-electron chi connectivity index (χ1n) is 7.54. The molecule has 1 fully saturated rings. The lowest BCUT2D eigenvalue weighted by molar-refractivity contribution is 0.0575. The third kappa shape index (κ3) is 4.34. The van der Waals surface area contributed by atoms with E-state index in [0.29, 0.717) is 18.0 Å². The van der Waals surface area contributed by atoms with Gasteiger partial charge in [0.2, 0.25) is 0 Å². The van der Waals surface area contributed by atoms with E-state index in [1.807, 2.05) is 0 Å². The molecule has 1 aliphatic rings. The molecule has 2 rings (SSSR count). The van der Waals surface area contributed by atoms with Crippen molar-refractivity contribution in [1.82, 2.24) is 4.90 Å². The minimum Gasteiger partial charge on any atom is -0.497 e. The highest BCUT2D eigenvalue weighted by Gasteiger charge is 2.25. The van der Waals surface area contributed by atoms with E-state index in [2.05, 4.69) is 5.32 Å². The highest BCUT2D eigenvalue weighted by Crippen LogP contribution is 2.25. The van der Waals surface area contributed by atoms with Gasteiger partial charge in [-0.05, 0) is 18.9 Å². The average Bonchev–Trinajstić information content (AvgIpc) is 2.48. The molecule has 0 radical (unpaired) electrons. The molecule has 1 aromatic carbocycles. The zero-order valence-electron chi connectivity index (χ0n) is 13.0. The summed E-state index contributed by atoms with van der Waals surface area (Å²) in [6.45, 7) is 0.486. The molecule has 1 aliphatic carbocycles. The second-order valence-electron chi connectivity index (χ2n) is 5.80. The lowest BCUT2D eigenvalue weighted by Gasteiger charge is -2.31. The Morgan fingerprint density at radius 3 is 2.82 bits per heavy atom. The number of anilines is 1. The number of benzene rings is 1. The predicted molar refractivity (Wildman–Crippen MR) is 82.6 cm³/mol.